The molecule has 12 heteroatoms. The highest BCUT2D eigenvalue weighted by Gasteiger charge is 2.49. The molecular formula is C19H24ClN5O6. The fourth-order valence-corrected chi connectivity index (χ4v) is 3.97. The van der Waals surface area contributed by atoms with E-state index in [1.165, 1.54) is 7.11 Å². The Balaban J connectivity index is 1.55. The van der Waals surface area contributed by atoms with Crippen LogP contribution in [0, 0.1) is 0 Å². The number of anilines is 3. The van der Waals surface area contributed by atoms with Crippen LogP contribution >= 0.6 is 11.6 Å². The Kier molecular flexibility index (Phi) is 6.21. The maximum absolute atomic E-state index is 12.6. The van der Waals surface area contributed by atoms with Gasteiger partial charge in [-0.25, -0.2) is 0 Å². The molecule has 1 aromatic heterocycles. The lowest BCUT2D eigenvalue weighted by molar-refractivity contribution is -0.0226. The molecule has 0 bridgehead atoms. The van der Waals surface area contributed by atoms with E-state index >= 15 is 0 Å². The highest BCUT2D eigenvalue weighted by Crippen LogP contribution is 2.37. The number of aromatic nitrogens is 2. The third-order valence-corrected chi connectivity index (χ3v) is 5.57. The molecule has 31 heavy (non-hydrogen) atoms. The average Bonchev–Trinajstić information content (AvgIpc) is 3.26. The summed E-state index contributed by atoms with van der Waals surface area (Å²) in [6, 6.07) is 6.97. The second-order valence-corrected chi connectivity index (χ2v) is 7.68. The second-order valence-electron chi connectivity index (χ2n) is 7.24. The molecule has 0 saturated carbocycles. The molecule has 11 nitrogen and oxygen atoms in total. The van der Waals surface area contributed by atoms with Gasteiger partial charge in [-0.15, -0.1) is 0 Å². The van der Waals surface area contributed by atoms with Gasteiger partial charge in [-0.2, -0.15) is 4.98 Å². The van der Waals surface area contributed by atoms with Gasteiger partial charge in [0.1, 0.15) is 36.4 Å². The van der Waals surface area contributed by atoms with Crippen molar-refractivity contribution in [3.63, 3.8) is 0 Å². The Bertz CT molecular complexity index is 973. The first-order chi connectivity index (χ1) is 14.9. The predicted molar refractivity (Wildman–Crippen MR) is 113 cm³/mol. The van der Waals surface area contributed by atoms with Gasteiger partial charge < -0.3 is 40.0 Å². The maximum Gasteiger partial charge on any atom is 0.278 e. The van der Waals surface area contributed by atoms with Gasteiger partial charge in [0.25, 0.3) is 5.56 Å². The highest BCUT2D eigenvalue weighted by molar-refractivity contribution is 6.30. The SMILES string of the molecule is CO[C@@H]1[C@H](O)[C@@H](CO)O[C@H]1N1CN(CCOc2ccc(Cl)cc2)c2c1nc(N)[nH]c2=O. The number of hydrogen-bond donors (Lipinski definition) is 4. The van der Waals surface area contributed by atoms with E-state index in [1.807, 2.05) is 0 Å². The fourth-order valence-electron chi connectivity index (χ4n) is 3.84. The average molecular weight is 454 g/mol. The molecule has 4 rings (SSSR count). The quantitative estimate of drug-likeness (QED) is 0.443. The third-order valence-electron chi connectivity index (χ3n) is 5.32. The number of aliphatic hydroxyl groups excluding tert-OH is 2. The normalized spacial score (nSPS) is 25.2. The minimum atomic E-state index is -1.04. The summed E-state index contributed by atoms with van der Waals surface area (Å²) in [5.41, 5.74) is 5.68. The van der Waals surface area contributed by atoms with Crippen molar-refractivity contribution >= 4 is 29.1 Å². The summed E-state index contributed by atoms with van der Waals surface area (Å²) in [5, 5.41) is 20.5. The van der Waals surface area contributed by atoms with Gasteiger partial charge in [0.15, 0.2) is 12.0 Å². The number of nitrogen functional groups attached to an aromatic ring is 1. The van der Waals surface area contributed by atoms with E-state index in [0.717, 1.165) is 0 Å². The first-order valence-electron chi connectivity index (χ1n) is 9.70. The Morgan fingerprint density at radius 2 is 2.13 bits per heavy atom. The van der Waals surface area contributed by atoms with Gasteiger partial charge in [-0.1, -0.05) is 11.6 Å². The van der Waals surface area contributed by atoms with Crippen LogP contribution in [0.3, 0.4) is 0 Å². The molecule has 0 aliphatic carbocycles. The Morgan fingerprint density at radius 3 is 2.81 bits per heavy atom. The summed E-state index contributed by atoms with van der Waals surface area (Å²) in [6.45, 7) is 0.521. The molecule has 0 radical (unpaired) electrons. The summed E-state index contributed by atoms with van der Waals surface area (Å²) in [7, 11) is 1.44. The summed E-state index contributed by atoms with van der Waals surface area (Å²) in [6.07, 6.45) is -3.38. The van der Waals surface area contributed by atoms with Crippen LogP contribution in [0.4, 0.5) is 17.5 Å². The zero-order chi connectivity index (χ0) is 22.1. The number of nitrogens with zero attached hydrogens (tertiary/aromatic N) is 3. The van der Waals surface area contributed by atoms with Crippen LogP contribution in [0.15, 0.2) is 29.1 Å². The van der Waals surface area contributed by atoms with E-state index in [1.54, 1.807) is 34.1 Å². The van der Waals surface area contributed by atoms with Gasteiger partial charge in [-0.3, -0.25) is 9.78 Å². The number of benzene rings is 1. The number of hydrogen-bond acceptors (Lipinski definition) is 10. The number of nitrogens with two attached hydrogens (primary N) is 1. The van der Waals surface area contributed by atoms with Crippen molar-refractivity contribution < 1.29 is 24.4 Å². The monoisotopic (exact) mass is 453 g/mol. The molecule has 1 fully saturated rings. The third kappa shape index (κ3) is 4.14. The number of halogens is 1. The molecule has 2 aromatic rings. The van der Waals surface area contributed by atoms with E-state index in [2.05, 4.69) is 9.97 Å². The van der Waals surface area contributed by atoms with Crippen molar-refractivity contribution in [1.29, 1.82) is 0 Å². The number of rotatable bonds is 7. The standard InChI is InChI=1S/C19H24ClN5O6/c1-29-15-14(27)12(8-26)31-18(15)25-9-24(13-16(25)22-19(21)23-17(13)28)6-7-30-11-4-2-10(20)3-5-11/h2-5,12,14-15,18,26-27H,6-9H2,1H3,(H3,21,22,23,28)/t12-,14-,15-,18-/m1/s1. The van der Waals surface area contributed by atoms with Crippen LogP contribution < -0.4 is 25.8 Å². The number of nitrogens with one attached hydrogen (secondary N) is 1. The molecule has 168 valence electrons. The number of aromatic amines is 1. The highest BCUT2D eigenvalue weighted by atomic mass is 35.5. The van der Waals surface area contributed by atoms with Crippen molar-refractivity contribution in [3.8, 4) is 5.75 Å². The molecule has 0 amide bonds. The Hall–Kier alpha value is -2.57. The molecule has 0 unspecified atom stereocenters. The van der Waals surface area contributed by atoms with Crippen LogP contribution in [-0.4, -0.2) is 78.3 Å². The smallest absolute Gasteiger partial charge is 0.278 e. The molecule has 1 saturated heterocycles. The van der Waals surface area contributed by atoms with Crippen LogP contribution in [-0.2, 0) is 9.47 Å². The summed E-state index contributed by atoms with van der Waals surface area (Å²) >= 11 is 5.89. The summed E-state index contributed by atoms with van der Waals surface area (Å²) < 4.78 is 17.0. The van der Waals surface area contributed by atoms with E-state index in [-0.39, 0.29) is 19.2 Å². The first-order valence-corrected chi connectivity index (χ1v) is 10.1. The molecule has 5 N–H and O–H groups in total. The van der Waals surface area contributed by atoms with E-state index in [0.29, 0.717) is 35.4 Å². The van der Waals surface area contributed by atoms with E-state index < -0.39 is 30.1 Å². The van der Waals surface area contributed by atoms with Crippen molar-refractivity contribution in [3.05, 3.63) is 39.6 Å². The van der Waals surface area contributed by atoms with Crippen LogP contribution in [0.25, 0.3) is 0 Å². The fraction of sp³-hybridized carbons (Fsp3) is 0.474. The van der Waals surface area contributed by atoms with Gasteiger partial charge >= 0.3 is 0 Å². The number of aliphatic hydroxyl groups is 2. The first kappa shape index (κ1) is 21.7. The lowest BCUT2D eigenvalue weighted by Gasteiger charge is -2.29. The topological polar surface area (TPSA) is 146 Å². The zero-order valence-electron chi connectivity index (χ0n) is 16.8. The molecule has 0 spiro atoms. The summed E-state index contributed by atoms with van der Waals surface area (Å²) in [5.74, 6) is 0.919. The van der Waals surface area contributed by atoms with Crippen LogP contribution in [0.2, 0.25) is 5.02 Å². The number of fused-ring (bicyclic) bond motifs is 1. The molecule has 2 aliphatic rings. The number of H-pyrrole nitrogens is 1. The van der Waals surface area contributed by atoms with E-state index in [4.69, 9.17) is 31.5 Å². The van der Waals surface area contributed by atoms with Crippen molar-refractivity contribution in [2.45, 2.75) is 24.5 Å². The second kappa shape index (κ2) is 8.89. The minimum Gasteiger partial charge on any atom is -0.492 e. The lowest BCUT2D eigenvalue weighted by atomic mass is 10.1. The molecule has 2 aliphatic heterocycles. The maximum atomic E-state index is 12.6. The lowest BCUT2D eigenvalue weighted by Crippen LogP contribution is -2.47. The van der Waals surface area contributed by atoms with Gasteiger partial charge in [0.2, 0.25) is 5.95 Å². The predicted octanol–water partition coefficient (Wildman–Crippen LogP) is -0.238. The largest absolute Gasteiger partial charge is 0.492 e. The molecule has 4 atom stereocenters. The molecule has 3 heterocycles. The van der Waals surface area contributed by atoms with Gasteiger partial charge in [0, 0.05) is 12.1 Å². The molecular weight excluding hydrogens is 430 g/mol. The minimum absolute atomic E-state index is 0.0424. The number of methoxy groups -OCH3 is 1. The van der Waals surface area contributed by atoms with Crippen molar-refractivity contribution in [1.82, 2.24) is 9.97 Å². The Labute approximate surface area is 182 Å². The van der Waals surface area contributed by atoms with E-state index in [9.17, 15) is 15.0 Å². The summed E-state index contributed by atoms with van der Waals surface area (Å²) in [4.78, 5) is 22.9. The number of ether oxygens (including phenoxy) is 3. The van der Waals surface area contributed by atoms with Crippen molar-refractivity contribution in [2.75, 3.05) is 49.1 Å². The Morgan fingerprint density at radius 1 is 1.39 bits per heavy atom. The van der Waals surface area contributed by atoms with Gasteiger partial charge in [-0.05, 0) is 24.3 Å². The van der Waals surface area contributed by atoms with Crippen LogP contribution in [0.5, 0.6) is 5.75 Å². The van der Waals surface area contributed by atoms with Gasteiger partial charge in [0.05, 0.1) is 19.8 Å². The van der Waals surface area contributed by atoms with Crippen molar-refractivity contribution in [2.24, 2.45) is 0 Å². The van der Waals surface area contributed by atoms with Crippen LogP contribution in [0.1, 0.15) is 0 Å². The zero-order valence-corrected chi connectivity index (χ0v) is 17.5. The molecule has 1 aromatic carbocycles.